The molecule has 3 heterocycles. The molecule has 6 rings (SSSR count). The van der Waals surface area contributed by atoms with Crippen molar-refractivity contribution in [1.82, 2.24) is 14.8 Å². The molecule has 3 aromatic carbocycles. The van der Waals surface area contributed by atoms with Crippen LogP contribution in [0.3, 0.4) is 0 Å². The maximum atomic E-state index is 14.4. The van der Waals surface area contributed by atoms with Gasteiger partial charge in [0.1, 0.15) is 5.82 Å². The number of fused-ring (bicyclic) bond motifs is 1. The number of nitriles is 1. The molecule has 4 aromatic rings. The normalized spacial score (nSPS) is 17.8. The highest BCUT2D eigenvalue weighted by molar-refractivity contribution is 6.08. The van der Waals surface area contributed by atoms with Crippen LogP contribution in [0.1, 0.15) is 47.2 Å². The molecule has 0 aliphatic carbocycles. The van der Waals surface area contributed by atoms with Crippen molar-refractivity contribution >= 4 is 22.6 Å². The molecule has 7 nitrogen and oxygen atoms in total. The number of carbonyl (C=O) groups excluding carboxylic acids is 1. The molecule has 0 bridgehead atoms. The maximum absolute atomic E-state index is 14.4. The largest absolute Gasteiger partial charge is 0.383 e. The van der Waals surface area contributed by atoms with Crippen molar-refractivity contribution in [3.63, 3.8) is 0 Å². The fourth-order valence-corrected chi connectivity index (χ4v) is 6.41. The average molecular weight is 560 g/mol. The number of nitrogens with one attached hydrogen (secondary N) is 1. The van der Waals surface area contributed by atoms with Crippen molar-refractivity contribution in [2.75, 3.05) is 38.7 Å². The van der Waals surface area contributed by atoms with Gasteiger partial charge in [0.15, 0.2) is 0 Å². The van der Waals surface area contributed by atoms with E-state index in [0.717, 1.165) is 60.9 Å². The number of aromatic nitrogens is 1. The number of rotatable bonds is 9. The highest BCUT2D eigenvalue weighted by Gasteiger charge is 2.35. The van der Waals surface area contributed by atoms with Gasteiger partial charge in [-0.25, -0.2) is 4.98 Å². The fraction of sp³-hybridized carbons (Fsp3) is 0.343. The molecule has 7 heteroatoms. The Hall–Kier alpha value is -4.25. The Bertz CT molecular complexity index is 1580. The van der Waals surface area contributed by atoms with Crippen LogP contribution in [-0.4, -0.2) is 66.2 Å². The van der Waals surface area contributed by atoms with E-state index < -0.39 is 0 Å². The Morgan fingerprint density at radius 2 is 1.76 bits per heavy atom. The summed E-state index contributed by atoms with van der Waals surface area (Å²) in [5, 5.41) is 13.7. The first-order valence-corrected chi connectivity index (χ1v) is 14.9. The van der Waals surface area contributed by atoms with Crippen LogP contribution in [0.25, 0.3) is 22.0 Å². The number of ether oxygens (including phenoxy) is 1. The van der Waals surface area contributed by atoms with Gasteiger partial charge in [-0.3, -0.25) is 9.69 Å². The first kappa shape index (κ1) is 27.9. The van der Waals surface area contributed by atoms with Gasteiger partial charge >= 0.3 is 0 Å². The zero-order valence-electron chi connectivity index (χ0n) is 24.1. The Morgan fingerprint density at radius 3 is 2.50 bits per heavy atom. The zero-order valence-corrected chi connectivity index (χ0v) is 24.1. The van der Waals surface area contributed by atoms with E-state index >= 15 is 0 Å². The summed E-state index contributed by atoms with van der Waals surface area (Å²) >= 11 is 0. The lowest BCUT2D eigenvalue weighted by Crippen LogP contribution is -2.46. The third kappa shape index (κ3) is 6.01. The number of amides is 1. The van der Waals surface area contributed by atoms with Gasteiger partial charge in [-0.15, -0.1) is 0 Å². The summed E-state index contributed by atoms with van der Waals surface area (Å²) in [6, 6.07) is 28.1. The molecular formula is C35H37N5O2. The molecule has 1 amide bonds. The summed E-state index contributed by atoms with van der Waals surface area (Å²) < 4.78 is 5.56. The van der Waals surface area contributed by atoms with Gasteiger partial charge in [0.2, 0.25) is 0 Å². The molecule has 2 aliphatic rings. The number of anilines is 1. The van der Waals surface area contributed by atoms with E-state index in [0.29, 0.717) is 23.6 Å². The number of pyridine rings is 1. The van der Waals surface area contributed by atoms with Crippen molar-refractivity contribution in [2.24, 2.45) is 0 Å². The minimum Gasteiger partial charge on any atom is -0.383 e. The minimum absolute atomic E-state index is 0.00707. The van der Waals surface area contributed by atoms with E-state index in [9.17, 15) is 10.1 Å². The SMILES string of the molecule is COC[C@H](Cc1ccccc1)Nc1cc(C(=O)N2CCCC2N2CCCC2)c2cc(-c3ccc(C#N)cc3)ccc2n1. The molecule has 214 valence electrons. The van der Waals surface area contributed by atoms with Crippen molar-refractivity contribution in [1.29, 1.82) is 5.26 Å². The molecule has 0 saturated carbocycles. The van der Waals surface area contributed by atoms with Gasteiger partial charge in [-0.05, 0) is 79.1 Å². The monoisotopic (exact) mass is 559 g/mol. The third-order valence-electron chi connectivity index (χ3n) is 8.48. The number of carbonyl (C=O) groups is 1. The van der Waals surface area contributed by atoms with E-state index in [-0.39, 0.29) is 18.1 Å². The predicted octanol–water partition coefficient (Wildman–Crippen LogP) is 6.10. The summed E-state index contributed by atoms with van der Waals surface area (Å²) in [5.41, 5.74) is 5.25. The topological polar surface area (TPSA) is 81.5 Å². The second-order valence-electron chi connectivity index (χ2n) is 11.3. The molecule has 0 spiro atoms. The molecule has 2 atom stereocenters. The molecule has 1 N–H and O–H groups in total. The highest BCUT2D eigenvalue weighted by atomic mass is 16.5. The number of hydrogen-bond donors (Lipinski definition) is 1. The van der Waals surface area contributed by atoms with Crippen LogP contribution in [-0.2, 0) is 11.2 Å². The van der Waals surface area contributed by atoms with E-state index in [2.05, 4.69) is 39.4 Å². The van der Waals surface area contributed by atoms with Gasteiger partial charge in [0.25, 0.3) is 5.91 Å². The number of benzene rings is 3. The lowest BCUT2D eigenvalue weighted by atomic mass is 9.99. The summed E-state index contributed by atoms with van der Waals surface area (Å²) in [4.78, 5) is 23.9. The van der Waals surface area contributed by atoms with Gasteiger partial charge < -0.3 is 15.0 Å². The molecule has 2 aliphatic heterocycles. The van der Waals surface area contributed by atoms with E-state index in [1.165, 1.54) is 18.4 Å². The van der Waals surface area contributed by atoms with E-state index in [4.69, 9.17) is 9.72 Å². The third-order valence-corrected chi connectivity index (χ3v) is 8.48. The Labute approximate surface area is 247 Å². The van der Waals surface area contributed by atoms with Crippen molar-refractivity contribution in [3.8, 4) is 17.2 Å². The van der Waals surface area contributed by atoms with Crippen LogP contribution >= 0.6 is 0 Å². The van der Waals surface area contributed by atoms with Crippen molar-refractivity contribution < 1.29 is 9.53 Å². The van der Waals surface area contributed by atoms with Crippen LogP contribution in [0.5, 0.6) is 0 Å². The molecule has 2 fully saturated rings. The first-order chi connectivity index (χ1) is 20.6. The molecular weight excluding hydrogens is 522 g/mol. The quantitative estimate of drug-likeness (QED) is 0.267. The summed E-state index contributed by atoms with van der Waals surface area (Å²) in [6.45, 7) is 3.39. The lowest BCUT2D eigenvalue weighted by molar-refractivity contribution is 0.0533. The van der Waals surface area contributed by atoms with Crippen LogP contribution < -0.4 is 5.32 Å². The van der Waals surface area contributed by atoms with Gasteiger partial charge in [-0.2, -0.15) is 5.26 Å². The van der Waals surface area contributed by atoms with E-state index in [1.807, 2.05) is 60.7 Å². The van der Waals surface area contributed by atoms with Crippen molar-refractivity contribution in [2.45, 2.75) is 44.3 Å². The molecule has 2 saturated heterocycles. The zero-order chi connectivity index (χ0) is 28.9. The molecule has 0 radical (unpaired) electrons. The Kier molecular flexibility index (Phi) is 8.45. The summed E-state index contributed by atoms with van der Waals surface area (Å²) in [5.74, 6) is 0.732. The molecule has 1 unspecified atom stereocenters. The Balaban J connectivity index is 1.39. The second-order valence-corrected chi connectivity index (χ2v) is 11.3. The summed E-state index contributed by atoms with van der Waals surface area (Å²) in [7, 11) is 1.71. The number of methoxy groups -OCH3 is 1. The minimum atomic E-state index is -0.00707. The number of likely N-dealkylation sites (tertiary alicyclic amines) is 2. The van der Waals surface area contributed by atoms with Crippen LogP contribution in [0.2, 0.25) is 0 Å². The smallest absolute Gasteiger partial charge is 0.255 e. The number of hydrogen-bond acceptors (Lipinski definition) is 6. The van der Waals surface area contributed by atoms with E-state index in [1.54, 1.807) is 7.11 Å². The van der Waals surface area contributed by atoms with Gasteiger partial charge in [0.05, 0.1) is 41.5 Å². The fourth-order valence-electron chi connectivity index (χ4n) is 6.41. The van der Waals surface area contributed by atoms with Crippen LogP contribution in [0.15, 0.2) is 78.9 Å². The maximum Gasteiger partial charge on any atom is 0.255 e. The van der Waals surface area contributed by atoms with Crippen molar-refractivity contribution in [3.05, 3.63) is 95.6 Å². The summed E-state index contributed by atoms with van der Waals surface area (Å²) in [6.07, 6.45) is 5.36. The second kappa shape index (κ2) is 12.7. The standard InChI is InChI=1S/C35H37N5O2/c1-42-24-29(20-25-8-3-2-4-9-25)37-33-22-31(35(41)40-19-7-10-34(40)39-17-5-6-18-39)30-21-28(15-16-32(30)38-33)27-13-11-26(23-36)12-14-27/h2-4,8-9,11-16,21-22,29,34H,5-7,10,17-20,24H2,1H3,(H,37,38)/t29-,34?/m0/s1. The highest BCUT2D eigenvalue weighted by Crippen LogP contribution is 2.32. The van der Waals surface area contributed by atoms with Crippen LogP contribution in [0, 0.1) is 11.3 Å². The average Bonchev–Trinajstić information content (AvgIpc) is 3.74. The van der Waals surface area contributed by atoms with Crippen LogP contribution in [0.4, 0.5) is 5.82 Å². The molecule has 1 aromatic heterocycles. The molecule has 42 heavy (non-hydrogen) atoms. The van der Waals surface area contributed by atoms with Gasteiger partial charge in [0, 0.05) is 32.1 Å². The Morgan fingerprint density at radius 1 is 1.00 bits per heavy atom. The number of nitrogens with zero attached hydrogens (tertiary/aromatic N) is 4. The first-order valence-electron chi connectivity index (χ1n) is 14.9. The van der Waals surface area contributed by atoms with Gasteiger partial charge in [-0.1, -0.05) is 48.5 Å². The lowest BCUT2D eigenvalue weighted by Gasteiger charge is -2.32. The predicted molar refractivity (Wildman–Crippen MR) is 166 cm³/mol.